The molecule has 0 spiro atoms. The maximum Gasteiger partial charge on any atom is 0.326 e. The second-order valence-corrected chi connectivity index (χ2v) is 8.99. The predicted molar refractivity (Wildman–Crippen MR) is 124 cm³/mol. The van der Waals surface area contributed by atoms with Gasteiger partial charge in [-0.05, 0) is 36.1 Å². The van der Waals surface area contributed by atoms with Crippen molar-refractivity contribution in [2.45, 2.75) is 40.0 Å². The van der Waals surface area contributed by atoms with Crippen molar-refractivity contribution < 1.29 is 23.8 Å². The fourth-order valence-electron chi connectivity index (χ4n) is 2.65. The van der Waals surface area contributed by atoms with Gasteiger partial charge in [0, 0.05) is 0 Å². The number of hydrogen-bond acceptors (Lipinski definition) is 7. The topological polar surface area (TPSA) is 65.1 Å². The molecule has 1 heterocycles. The van der Waals surface area contributed by atoms with Crippen LogP contribution < -0.4 is 9.47 Å². The second kappa shape index (κ2) is 12.0. The standard InChI is InChI=1S/C22H29NO5S2/c1-5-6-7-10-27-17-9-8-16(11-18(17)26-4)12-19-21(25)23(22(29)30-19)13-20(24)28-14-15(2)3/h8-9,11-12,15H,5-7,10,13-14H2,1-4H3/b19-12-. The fraction of sp³-hybridized carbons (Fsp3) is 0.500. The lowest BCUT2D eigenvalue weighted by molar-refractivity contribution is -0.147. The number of nitrogens with zero attached hydrogens (tertiary/aromatic N) is 1. The van der Waals surface area contributed by atoms with Gasteiger partial charge in [-0.2, -0.15) is 0 Å². The molecule has 1 aliphatic rings. The minimum Gasteiger partial charge on any atom is -0.493 e. The molecule has 1 aromatic carbocycles. The van der Waals surface area contributed by atoms with Gasteiger partial charge in [-0.3, -0.25) is 14.5 Å². The SMILES string of the molecule is CCCCCOc1ccc(/C=C2\SC(=S)N(CC(=O)OCC(C)C)C2=O)cc1OC. The summed E-state index contributed by atoms with van der Waals surface area (Å²) in [6.07, 6.45) is 4.98. The van der Waals surface area contributed by atoms with Gasteiger partial charge in [-0.1, -0.05) is 63.7 Å². The Morgan fingerprint density at radius 1 is 1.27 bits per heavy atom. The number of thiocarbonyl (C=S) groups is 1. The van der Waals surface area contributed by atoms with E-state index in [2.05, 4.69) is 6.92 Å². The van der Waals surface area contributed by atoms with Crippen LogP contribution in [0.15, 0.2) is 23.1 Å². The van der Waals surface area contributed by atoms with Crippen LogP contribution in [0, 0.1) is 5.92 Å². The maximum absolute atomic E-state index is 12.7. The van der Waals surface area contributed by atoms with E-state index in [-0.39, 0.29) is 18.4 Å². The van der Waals surface area contributed by atoms with Crippen LogP contribution in [0.3, 0.4) is 0 Å². The molecule has 0 unspecified atom stereocenters. The molecule has 30 heavy (non-hydrogen) atoms. The largest absolute Gasteiger partial charge is 0.493 e. The molecule has 6 nitrogen and oxygen atoms in total. The number of methoxy groups -OCH3 is 1. The molecule has 0 N–H and O–H groups in total. The summed E-state index contributed by atoms with van der Waals surface area (Å²) in [4.78, 5) is 26.4. The van der Waals surface area contributed by atoms with Gasteiger partial charge >= 0.3 is 5.97 Å². The Morgan fingerprint density at radius 2 is 2.03 bits per heavy atom. The first-order valence-corrected chi connectivity index (χ1v) is 11.3. The number of ether oxygens (including phenoxy) is 3. The Kier molecular flexibility index (Phi) is 9.65. The number of amides is 1. The zero-order valence-corrected chi connectivity index (χ0v) is 19.6. The molecular formula is C22H29NO5S2. The van der Waals surface area contributed by atoms with Crippen LogP contribution in [-0.2, 0) is 14.3 Å². The highest BCUT2D eigenvalue weighted by molar-refractivity contribution is 8.26. The first-order chi connectivity index (χ1) is 14.3. The van der Waals surface area contributed by atoms with Gasteiger partial charge in [-0.15, -0.1) is 0 Å². The Morgan fingerprint density at radius 3 is 2.70 bits per heavy atom. The van der Waals surface area contributed by atoms with E-state index in [1.54, 1.807) is 13.2 Å². The summed E-state index contributed by atoms with van der Waals surface area (Å²) in [5, 5.41) is 0. The lowest BCUT2D eigenvalue weighted by atomic mass is 10.2. The van der Waals surface area contributed by atoms with Crippen LogP contribution in [0.5, 0.6) is 11.5 Å². The fourth-order valence-corrected chi connectivity index (χ4v) is 3.90. The van der Waals surface area contributed by atoms with Crippen molar-refractivity contribution in [1.29, 1.82) is 0 Å². The number of rotatable bonds is 11. The molecule has 1 saturated heterocycles. The highest BCUT2D eigenvalue weighted by Crippen LogP contribution is 2.34. The van der Waals surface area contributed by atoms with Gasteiger partial charge in [0.05, 0.1) is 25.2 Å². The zero-order valence-electron chi connectivity index (χ0n) is 17.9. The third kappa shape index (κ3) is 7.02. The van der Waals surface area contributed by atoms with Crippen molar-refractivity contribution in [2.24, 2.45) is 5.92 Å². The first-order valence-electron chi connectivity index (χ1n) is 10.1. The number of benzene rings is 1. The smallest absolute Gasteiger partial charge is 0.326 e. The van der Waals surface area contributed by atoms with Crippen molar-refractivity contribution in [1.82, 2.24) is 4.90 Å². The van der Waals surface area contributed by atoms with E-state index in [1.807, 2.05) is 32.0 Å². The molecule has 164 valence electrons. The Balaban J connectivity index is 2.06. The molecule has 8 heteroatoms. The minimum atomic E-state index is -0.465. The van der Waals surface area contributed by atoms with Crippen molar-refractivity contribution in [2.75, 3.05) is 26.9 Å². The summed E-state index contributed by atoms with van der Waals surface area (Å²) in [5.41, 5.74) is 0.788. The third-order valence-corrected chi connectivity index (χ3v) is 5.61. The highest BCUT2D eigenvalue weighted by Gasteiger charge is 2.33. The van der Waals surface area contributed by atoms with Crippen LogP contribution in [0.2, 0.25) is 0 Å². The molecule has 0 atom stereocenters. The Hall–Kier alpha value is -2.06. The molecule has 0 saturated carbocycles. The molecule has 0 aliphatic carbocycles. The van der Waals surface area contributed by atoms with Crippen molar-refractivity contribution >= 4 is 46.3 Å². The van der Waals surface area contributed by atoms with Crippen LogP contribution in [0.1, 0.15) is 45.6 Å². The number of unbranched alkanes of at least 4 members (excludes halogenated alkanes) is 2. The Labute approximate surface area is 187 Å². The molecule has 2 rings (SSSR count). The molecule has 0 bridgehead atoms. The maximum atomic E-state index is 12.7. The average molecular weight is 452 g/mol. The van der Waals surface area contributed by atoms with Crippen LogP contribution in [0.4, 0.5) is 0 Å². The van der Waals surface area contributed by atoms with E-state index in [1.165, 1.54) is 16.7 Å². The number of thioether (sulfide) groups is 1. The first kappa shape index (κ1) is 24.2. The van der Waals surface area contributed by atoms with E-state index < -0.39 is 5.97 Å². The van der Waals surface area contributed by atoms with Gasteiger partial charge in [0.1, 0.15) is 10.9 Å². The van der Waals surface area contributed by atoms with Crippen LogP contribution >= 0.6 is 24.0 Å². The zero-order chi connectivity index (χ0) is 22.1. The average Bonchev–Trinajstić information content (AvgIpc) is 2.97. The molecule has 1 fully saturated rings. The van der Waals surface area contributed by atoms with Crippen molar-refractivity contribution in [3.05, 3.63) is 28.7 Å². The second-order valence-electron chi connectivity index (χ2n) is 7.31. The normalized spacial score (nSPS) is 15.2. The summed E-state index contributed by atoms with van der Waals surface area (Å²) in [7, 11) is 1.58. The quantitative estimate of drug-likeness (QED) is 0.210. The van der Waals surface area contributed by atoms with Gasteiger partial charge < -0.3 is 14.2 Å². The van der Waals surface area contributed by atoms with E-state index >= 15 is 0 Å². The van der Waals surface area contributed by atoms with Crippen molar-refractivity contribution in [3.8, 4) is 11.5 Å². The molecule has 1 aromatic rings. The number of carbonyl (C=O) groups excluding carboxylic acids is 2. The number of carbonyl (C=O) groups is 2. The van der Waals surface area contributed by atoms with E-state index in [0.29, 0.717) is 33.9 Å². The van der Waals surface area contributed by atoms with Crippen molar-refractivity contribution in [3.63, 3.8) is 0 Å². The summed E-state index contributed by atoms with van der Waals surface area (Å²) in [6.45, 7) is 6.82. The molecule has 0 aromatic heterocycles. The van der Waals surface area contributed by atoms with E-state index in [4.69, 9.17) is 26.4 Å². The Bertz CT molecular complexity index is 807. The highest BCUT2D eigenvalue weighted by atomic mass is 32.2. The summed E-state index contributed by atoms with van der Waals surface area (Å²) in [5.74, 6) is 0.741. The van der Waals surface area contributed by atoms with Crippen LogP contribution in [-0.4, -0.2) is 48.0 Å². The number of esters is 1. The molecule has 0 radical (unpaired) electrons. The lowest BCUT2D eigenvalue weighted by Gasteiger charge is -2.14. The number of hydrogen-bond donors (Lipinski definition) is 0. The van der Waals surface area contributed by atoms with E-state index in [9.17, 15) is 9.59 Å². The summed E-state index contributed by atoms with van der Waals surface area (Å²) in [6, 6.07) is 5.51. The monoisotopic (exact) mass is 451 g/mol. The van der Waals surface area contributed by atoms with Crippen LogP contribution in [0.25, 0.3) is 6.08 Å². The summed E-state index contributed by atoms with van der Waals surface area (Å²) < 4.78 is 16.7. The molecular weight excluding hydrogens is 422 g/mol. The molecule has 1 amide bonds. The summed E-state index contributed by atoms with van der Waals surface area (Å²) >= 11 is 6.45. The predicted octanol–water partition coefficient (Wildman–Crippen LogP) is 4.66. The lowest BCUT2D eigenvalue weighted by Crippen LogP contribution is -2.34. The van der Waals surface area contributed by atoms with Gasteiger partial charge in [0.25, 0.3) is 5.91 Å². The third-order valence-electron chi connectivity index (χ3n) is 4.23. The van der Waals surface area contributed by atoms with E-state index in [0.717, 1.165) is 24.8 Å². The van der Waals surface area contributed by atoms with Gasteiger partial charge in [-0.25, -0.2) is 0 Å². The molecule has 1 aliphatic heterocycles. The van der Waals surface area contributed by atoms with Gasteiger partial charge in [0.15, 0.2) is 11.5 Å². The minimum absolute atomic E-state index is 0.178. The van der Waals surface area contributed by atoms with Gasteiger partial charge in [0.2, 0.25) is 0 Å².